The van der Waals surface area contributed by atoms with E-state index in [0.29, 0.717) is 6.42 Å². The van der Waals surface area contributed by atoms with Crippen molar-refractivity contribution in [3.63, 3.8) is 0 Å². The van der Waals surface area contributed by atoms with Gasteiger partial charge in [0.1, 0.15) is 6.61 Å². The van der Waals surface area contributed by atoms with Crippen LogP contribution in [0.5, 0.6) is 0 Å². The third kappa shape index (κ3) is 5.35. The number of hydrogen-bond acceptors (Lipinski definition) is 3. The maximum atomic E-state index is 11.7. The molecule has 0 saturated heterocycles. The molecule has 98 valence electrons. The van der Waals surface area contributed by atoms with E-state index in [1.165, 1.54) is 11.0 Å². The largest absolute Gasteiger partial charge is 0.461 e. The molecular weight excluding hydrogens is 286 g/mol. The lowest BCUT2D eigenvalue weighted by molar-refractivity contribution is -0.153. The Morgan fingerprint density at radius 1 is 1.47 bits per heavy atom. The van der Waals surface area contributed by atoms with Gasteiger partial charge in [0.05, 0.1) is 10.2 Å². The molecule has 1 atom stereocenters. The lowest BCUT2D eigenvalue weighted by Crippen LogP contribution is -2.36. The van der Waals surface area contributed by atoms with Gasteiger partial charge in [0.25, 0.3) is 0 Å². The summed E-state index contributed by atoms with van der Waals surface area (Å²) in [4.78, 5) is 24.5. The molecule has 0 aliphatic carbocycles. The minimum atomic E-state index is -0.706. The fourth-order valence-electron chi connectivity index (χ4n) is 1.23. The lowest BCUT2D eigenvalue weighted by Gasteiger charge is -2.25. The highest BCUT2D eigenvalue weighted by Gasteiger charge is 2.34. The van der Waals surface area contributed by atoms with Gasteiger partial charge in [0, 0.05) is 14.1 Å². The Labute approximate surface area is 111 Å². The van der Waals surface area contributed by atoms with Gasteiger partial charge < -0.3 is 9.64 Å². The Kier molecular flexibility index (Phi) is 6.45. The number of esters is 1. The lowest BCUT2D eigenvalue weighted by atomic mass is 9.87. The van der Waals surface area contributed by atoms with Crippen molar-refractivity contribution >= 4 is 27.8 Å². The molecule has 1 unspecified atom stereocenters. The molecule has 5 heteroatoms. The zero-order chi connectivity index (χ0) is 13.6. The first-order valence-electron chi connectivity index (χ1n) is 5.35. The van der Waals surface area contributed by atoms with Crippen molar-refractivity contribution in [2.45, 2.75) is 25.1 Å². The van der Waals surface area contributed by atoms with Gasteiger partial charge >= 0.3 is 5.97 Å². The molecule has 0 aromatic heterocycles. The second kappa shape index (κ2) is 6.79. The van der Waals surface area contributed by atoms with Gasteiger partial charge in [-0.3, -0.25) is 9.59 Å². The van der Waals surface area contributed by atoms with Crippen LogP contribution in [0.15, 0.2) is 12.7 Å². The van der Waals surface area contributed by atoms with E-state index < -0.39 is 5.41 Å². The topological polar surface area (TPSA) is 46.6 Å². The highest BCUT2D eigenvalue weighted by atomic mass is 79.9. The molecule has 0 radical (unpaired) electrons. The molecule has 0 spiro atoms. The number of carbonyl (C=O) groups excluding carboxylic acids is 2. The van der Waals surface area contributed by atoms with Crippen molar-refractivity contribution in [1.29, 1.82) is 0 Å². The van der Waals surface area contributed by atoms with Crippen LogP contribution in [0.25, 0.3) is 0 Å². The zero-order valence-electron chi connectivity index (χ0n) is 10.8. The van der Waals surface area contributed by atoms with E-state index in [2.05, 4.69) is 22.5 Å². The summed E-state index contributed by atoms with van der Waals surface area (Å²) in [6.45, 7) is 7.19. The maximum Gasteiger partial charge on any atom is 0.311 e. The first kappa shape index (κ1) is 16.2. The van der Waals surface area contributed by atoms with E-state index in [0.717, 1.165) is 0 Å². The first-order valence-corrected chi connectivity index (χ1v) is 6.27. The Hall–Kier alpha value is -0.840. The number of alkyl halides is 1. The van der Waals surface area contributed by atoms with Crippen LogP contribution in [0, 0.1) is 5.41 Å². The van der Waals surface area contributed by atoms with Crippen LogP contribution in [0.1, 0.15) is 20.3 Å². The van der Waals surface area contributed by atoms with Gasteiger partial charge in [-0.05, 0) is 20.3 Å². The highest BCUT2D eigenvalue weighted by Crippen LogP contribution is 2.28. The smallest absolute Gasteiger partial charge is 0.311 e. The van der Waals surface area contributed by atoms with E-state index in [4.69, 9.17) is 4.74 Å². The predicted octanol–water partition coefficient (Wildman–Crippen LogP) is 1.98. The summed E-state index contributed by atoms with van der Waals surface area (Å²) in [7, 11) is 3.36. The number of amides is 1. The Morgan fingerprint density at radius 3 is 2.41 bits per heavy atom. The monoisotopic (exact) mass is 305 g/mol. The van der Waals surface area contributed by atoms with Crippen LogP contribution >= 0.6 is 15.9 Å². The van der Waals surface area contributed by atoms with E-state index in [-0.39, 0.29) is 23.3 Å². The Bertz CT molecular complexity index is 300. The quantitative estimate of drug-likeness (QED) is 0.428. The maximum absolute atomic E-state index is 11.7. The molecule has 0 heterocycles. The van der Waals surface area contributed by atoms with Crippen molar-refractivity contribution in [3.8, 4) is 0 Å². The summed E-state index contributed by atoms with van der Waals surface area (Å²) in [6.07, 6.45) is 1.91. The molecule has 0 rings (SSSR count). The van der Waals surface area contributed by atoms with E-state index >= 15 is 0 Å². The number of rotatable bonds is 6. The van der Waals surface area contributed by atoms with Gasteiger partial charge in [-0.25, -0.2) is 0 Å². The van der Waals surface area contributed by atoms with Gasteiger partial charge in [0.2, 0.25) is 5.91 Å². The molecule has 4 nitrogen and oxygen atoms in total. The van der Waals surface area contributed by atoms with Crippen molar-refractivity contribution < 1.29 is 14.3 Å². The molecule has 0 N–H and O–H groups in total. The van der Waals surface area contributed by atoms with Crippen LogP contribution < -0.4 is 0 Å². The molecule has 0 fully saturated rings. The minimum absolute atomic E-state index is 0.0606. The third-order valence-corrected chi connectivity index (χ3v) is 3.00. The second-order valence-electron chi connectivity index (χ2n) is 4.68. The fourth-order valence-corrected chi connectivity index (χ4v) is 2.45. The second-order valence-corrected chi connectivity index (χ2v) is 5.78. The Morgan fingerprint density at radius 2 is 2.00 bits per heavy atom. The van der Waals surface area contributed by atoms with Crippen LogP contribution in [0.4, 0.5) is 0 Å². The SMILES string of the molecule is C=CCOC(=O)C(C)(C)CC(Br)C(=O)N(C)C. The molecule has 0 aromatic rings. The van der Waals surface area contributed by atoms with Crippen molar-refractivity contribution in [2.24, 2.45) is 5.41 Å². The molecule has 1 amide bonds. The molecule has 0 aliphatic heterocycles. The van der Waals surface area contributed by atoms with Crippen molar-refractivity contribution in [1.82, 2.24) is 4.90 Å². The number of ether oxygens (including phenoxy) is 1. The summed E-state index contributed by atoms with van der Waals surface area (Å²) >= 11 is 3.30. The number of nitrogens with zero attached hydrogens (tertiary/aromatic N) is 1. The summed E-state index contributed by atoms with van der Waals surface area (Å²) < 4.78 is 4.99. The van der Waals surface area contributed by atoms with E-state index in [1.54, 1.807) is 27.9 Å². The average molecular weight is 306 g/mol. The van der Waals surface area contributed by atoms with Gasteiger partial charge in [-0.2, -0.15) is 0 Å². The standard InChI is InChI=1S/C12H20BrNO3/c1-6-7-17-11(16)12(2,3)8-9(13)10(15)14(4)5/h6,9H,1,7-8H2,2-5H3. The van der Waals surface area contributed by atoms with Crippen LogP contribution in [-0.4, -0.2) is 42.3 Å². The normalized spacial score (nSPS) is 12.8. The Balaban J connectivity index is 4.47. The molecule has 0 saturated carbocycles. The average Bonchev–Trinajstić information content (AvgIpc) is 2.23. The summed E-state index contributed by atoms with van der Waals surface area (Å²) in [6, 6.07) is 0. The van der Waals surface area contributed by atoms with Crippen LogP contribution in [0.2, 0.25) is 0 Å². The van der Waals surface area contributed by atoms with E-state index in [9.17, 15) is 9.59 Å². The molecule has 17 heavy (non-hydrogen) atoms. The van der Waals surface area contributed by atoms with E-state index in [1.807, 2.05) is 0 Å². The summed E-state index contributed by atoms with van der Waals surface area (Å²) in [5, 5.41) is 0. The van der Waals surface area contributed by atoms with Gasteiger partial charge in [-0.15, -0.1) is 0 Å². The first-order chi connectivity index (χ1) is 7.72. The minimum Gasteiger partial charge on any atom is -0.461 e. The fraction of sp³-hybridized carbons (Fsp3) is 0.667. The number of halogens is 1. The molecule has 0 aliphatic rings. The number of carbonyl (C=O) groups is 2. The van der Waals surface area contributed by atoms with Crippen LogP contribution in [0.3, 0.4) is 0 Å². The molecule has 0 bridgehead atoms. The van der Waals surface area contributed by atoms with Crippen LogP contribution in [-0.2, 0) is 14.3 Å². The molecule has 0 aromatic carbocycles. The number of hydrogen-bond donors (Lipinski definition) is 0. The third-order valence-electron chi connectivity index (χ3n) is 2.28. The molecular formula is C12H20BrNO3. The highest BCUT2D eigenvalue weighted by molar-refractivity contribution is 9.10. The van der Waals surface area contributed by atoms with Crippen molar-refractivity contribution in [3.05, 3.63) is 12.7 Å². The predicted molar refractivity (Wildman–Crippen MR) is 71.0 cm³/mol. The summed E-state index contributed by atoms with van der Waals surface area (Å²) in [5.74, 6) is -0.386. The zero-order valence-corrected chi connectivity index (χ0v) is 12.4. The van der Waals surface area contributed by atoms with Crippen molar-refractivity contribution in [2.75, 3.05) is 20.7 Å². The summed E-state index contributed by atoms with van der Waals surface area (Å²) in [5.41, 5.74) is -0.706. The van der Waals surface area contributed by atoms with Gasteiger partial charge in [0.15, 0.2) is 0 Å². The van der Waals surface area contributed by atoms with Gasteiger partial charge in [-0.1, -0.05) is 28.6 Å².